The molecule has 8 nitrogen and oxygen atoms in total. The predicted molar refractivity (Wildman–Crippen MR) is 80.0 cm³/mol. The van der Waals surface area contributed by atoms with Crippen LogP contribution in [0.3, 0.4) is 0 Å². The number of likely N-dealkylation sites (tertiary alicyclic amines) is 1. The molecule has 1 aliphatic carbocycles. The molecule has 0 bridgehead atoms. The van der Waals surface area contributed by atoms with Crippen molar-refractivity contribution in [3.05, 3.63) is 33.1 Å². The van der Waals surface area contributed by atoms with Crippen LogP contribution in [-0.4, -0.2) is 43.5 Å². The van der Waals surface area contributed by atoms with E-state index in [1.165, 1.54) is 11.1 Å². The van der Waals surface area contributed by atoms with E-state index in [2.05, 4.69) is 4.98 Å². The Kier molecular flexibility index (Phi) is 4.06. The largest absolute Gasteiger partial charge is 0.480 e. The summed E-state index contributed by atoms with van der Waals surface area (Å²) in [5.41, 5.74) is -1.20. The van der Waals surface area contributed by atoms with E-state index in [-0.39, 0.29) is 24.4 Å². The quantitative estimate of drug-likeness (QED) is 0.799. The number of aliphatic carboxylic acids is 1. The number of aromatic amines is 1. The van der Waals surface area contributed by atoms with Gasteiger partial charge in [0.15, 0.2) is 0 Å². The normalized spacial score (nSPS) is 26.8. The number of aromatic nitrogens is 2. The lowest BCUT2D eigenvalue weighted by molar-refractivity contribution is -0.150. The molecule has 124 valence electrons. The maximum Gasteiger partial charge on any atom is 0.328 e. The second kappa shape index (κ2) is 6.02. The number of hydrogen-bond acceptors (Lipinski definition) is 4. The number of carbonyl (C=O) groups is 2. The minimum atomic E-state index is -0.999. The molecule has 0 unspecified atom stereocenters. The van der Waals surface area contributed by atoms with E-state index in [0.29, 0.717) is 6.42 Å². The topological polar surface area (TPSA) is 112 Å². The maximum absolute atomic E-state index is 12.6. The highest BCUT2D eigenvalue weighted by Crippen LogP contribution is 2.39. The number of carboxylic acid groups (broad SMARTS) is 1. The Labute approximate surface area is 131 Å². The zero-order chi connectivity index (χ0) is 16.6. The summed E-state index contributed by atoms with van der Waals surface area (Å²) in [5, 5.41) is 9.43. The first-order valence-electron chi connectivity index (χ1n) is 7.81. The van der Waals surface area contributed by atoms with Gasteiger partial charge in [0.05, 0.1) is 0 Å². The van der Waals surface area contributed by atoms with Crippen LogP contribution in [0.1, 0.15) is 32.1 Å². The smallest absolute Gasteiger partial charge is 0.328 e. The Morgan fingerprint density at radius 1 is 1.26 bits per heavy atom. The number of amides is 1. The van der Waals surface area contributed by atoms with Crippen molar-refractivity contribution in [2.75, 3.05) is 0 Å². The second-order valence-electron chi connectivity index (χ2n) is 6.24. The first-order valence-corrected chi connectivity index (χ1v) is 7.81. The van der Waals surface area contributed by atoms with Gasteiger partial charge in [0.25, 0.3) is 5.56 Å². The Morgan fingerprint density at radius 2 is 2.00 bits per heavy atom. The van der Waals surface area contributed by atoms with Gasteiger partial charge in [-0.25, -0.2) is 9.59 Å². The van der Waals surface area contributed by atoms with Crippen LogP contribution in [0.15, 0.2) is 21.9 Å². The molecule has 1 amide bonds. The molecule has 0 aromatic carbocycles. The van der Waals surface area contributed by atoms with Crippen LogP contribution in [-0.2, 0) is 16.1 Å². The van der Waals surface area contributed by atoms with Gasteiger partial charge in [-0.3, -0.25) is 19.1 Å². The Bertz CT molecular complexity index is 737. The zero-order valence-electron chi connectivity index (χ0n) is 12.6. The van der Waals surface area contributed by atoms with Gasteiger partial charge in [-0.05, 0) is 25.2 Å². The van der Waals surface area contributed by atoms with Crippen molar-refractivity contribution in [3.8, 4) is 0 Å². The molecule has 1 saturated heterocycles. The first kappa shape index (κ1) is 15.5. The fraction of sp³-hybridized carbons (Fsp3) is 0.600. The van der Waals surface area contributed by atoms with Crippen LogP contribution >= 0.6 is 0 Å². The summed E-state index contributed by atoms with van der Waals surface area (Å²) in [7, 11) is 0. The standard InChI is InChI=1S/C15H19N3O5/c19-12-5-6-17(15(23)16-12)8-13(20)18-10-4-2-1-3-9(10)7-11(18)14(21)22/h5-6,9-11H,1-4,7-8H2,(H,21,22)(H,16,19,23)/t9-,10+,11-/m0/s1. The molecular formula is C15H19N3O5. The third-order valence-corrected chi connectivity index (χ3v) is 4.86. The number of nitrogens with zero attached hydrogens (tertiary/aromatic N) is 2. The molecule has 2 N–H and O–H groups in total. The number of fused-ring (bicyclic) bond motifs is 1. The molecular weight excluding hydrogens is 302 g/mol. The first-order chi connectivity index (χ1) is 11.0. The van der Waals surface area contributed by atoms with E-state index in [1.54, 1.807) is 0 Å². The molecule has 0 radical (unpaired) electrons. The monoisotopic (exact) mass is 321 g/mol. The highest BCUT2D eigenvalue weighted by Gasteiger charge is 2.47. The summed E-state index contributed by atoms with van der Waals surface area (Å²) in [6, 6.07) is 0.279. The van der Waals surface area contributed by atoms with Crippen LogP contribution < -0.4 is 11.2 Å². The number of rotatable bonds is 3. The average molecular weight is 321 g/mol. The van der Waals surface area contributed by atoms with Crippen LogP contribution in [0, 0.1) is 5.92 Å². The molecule has 2 aliphatic rings. The van der Waals surface area contributed by atoms with Crippen LogP contribution in [0.2, 0.25) is 0 Å². The summed E-state index contributed by atoms with van der Waals surface area (Å²) >= 11 is 0. The molecule has 23 heavy (non-hydrogen) atoms. The molecule has 3 rings (SSSR count). The van der Waals surface area contributed by atoms with Crippen molar-refractivity contribution < 1.29 is 14.7 Å². The van der Waals surface area contributed by atoms with E-state index in [4.69, 9.17) is 0 Å². The van der Waals surface area contributed by atoms with Crippen molar-refractivity contribution in [1.29, 1.82) is 0 Å². The number of H-pyrrole nitrogens is 1. The molecule has 1 aromatic heterocycles. The maximum atomic E-state index is 12.6. The van der Waals surface area contributed by atoms with Crippen molar-refractivity contribution in [3.63, 3.8) is 0 Å². The number of nitrogens with one attached hydrogen (secondary N) is 1. The van der Waals surface area contributed by atoms with E-state index >= 15 is 0 Å². The number of hydrogen-bond donors (Lipinski definition) is 2. The lowest BCUT2D eigenvalue weighted by Gasteiger charge is -2.33. The summed E-state index contributed by atoms with van der Waals surface area (Å²) in [4.78, 5) is 50.5. The van der Waals surface area contributed by atoms with Gasteiger partial charge in [0.1, 0.15) is 12.6 Å². The van der Waals surface area contributed by atoms with Gasteiger partial charge >= 0.3 is 11.7 Å². The third kappa shape index (κ3) is 2.93. The molecule has 2 heterocycles. The molecule has 1 saturated carbocycles. The fourth-order valence-corrected chi connectivity index (χ4v) is 3.84. The minimum absolute atomic E-state index is 0.0594. The van der Waals surface area contributed by atoms with Gasteiger partial charge in [0.2, 0.25) is 5.91 Å². The third-order valence-electron chi connectivity index (χ3n) is 4.86. The molecule has 8 heteroatoms. The van der Waals surface area contributed by atoms with Crippen molar-refractivity contribution in [1.82, 2.24) is 14.5 Å². The molecule has 0 spiro atoms. The number of carbonyl (C=O) groups excluding carboxylic acids is 1. The van der Waals surface area contributed by atoms with Gasteiger partial charge in [0, 0.05) is 18.3 Å². The summed E-state index contributed by atoms with van der Waals surface area (Å²) < 4.78 is 1.10. The van der Waals surface area contributed by atoms with Gasteiger partial charge in [-0.2, -0.15) is 0 Å². The molecule has 1 aliphatic heterocycles. The fourth-order valence-electron chi connectivity index (χ4n) is 3.84. The van der Waals surface area contributed by atoms with E-state index in [9.17, 15) is 24.3 Å². The summed E-state index contributed by atoms with van der Waals surface area (Å²) in [6.07, 6.45) is 5.53. The average Bonchev–Trinajstić information content (AvgIpc) is 2.90. The highest BCUT2D eigenvalue weighted by atomic mass is 16.4. The SMILES string of the molecule is O=C(O)[C@@H]1C[C@@H]2CCCC[C@H]2N1C(=O)Cn1ccc(=O)[nH]c1=O. The van der Waals surface area contributed by atoms with Crippen molar-refractivity contribution >= 4 is 11.9 Å². The van der Waals surface area contributed by atoms with Crippen LogP contribution in [0.4, 0.5) is 0 Å². The Morgan fingerprint density at radius 3 is 2.70 bits per heavy atom. The molecule has 2 fully saturated rings. The zero-order valence-corrected chi connectivity index (χ0v) is 12.6. The van der Waals surface area contributed by atoms with Gasteiger partial charge < -0.3 is 10.0 Å². The Balaban J connectivity index is 1.84. The summed E-state index contributed by atoms with van der Waals surface area (Å²) in [5.74, 6) is -1.16. The van der Waals surface area contributed by atoms with Crippen molar-refractivity contribution in [2.24, 2.45) is 5.92 Å². The van der Waals surface area contributed by atoms with Crippen molar-refractivity contribution in [2.45, 2.75) is 50.7 Å². The molecule has 1 aromatic rings. The highest BCUT2D eigenvalue weighted by molar-refractivity contribution is 5.84. The van der Waals surface area contributed by atoms with E-state index < -0.39 is 23.3 Å². The van der Waals surface area contributed by atoms with Gasteiger partial charge in [-0.15, -0.1) is 0 Å². The van der Waals surface area contributed by atoms with E-state index in [1.807, 2.05) is 0 Å². The lowest BCUT2D eigenvalue weighted by atomic mass is 9.85. The predicted octanol–water partition coefficient (Wildman–Crippen LogP) is -0.219. The minimum Gasteiger partial charge on any atom is -0.480 e. The molecule has 3 atom stereocenters. The number of carboxylic acids is 1. The summed E-state index contributed by atoms with van der Waals surface area (Å²) in [6.45, 7) is -0.261. The second-order valence-corrected chi connectivity index (χ2v) is 6.24. The Hall–Kier alpha value is -2.38. The van der Waals surface area contributed by atoms with Crippen LogP contribution in [0.5, 0.6) is 0 Å². The lowest BCUT2D eigenvalue weighted by Crippen LogP contribution is -2.48. The van der Waals surface area contributed by atoms with E-state index in [0.717, 1.165) is 36.3 Å². The van der Waals surface area contributed by atoms with Gasteiger partial charge in [-0.1, -0.05) is 12.8 Å². The van der Waals surface area contributed by atoms with Crippen LogP contribution in [0.25, 0.3) is 0 Å².